The number of carboxylic acid groups (broad SMARTS) is 1. The van der Waals surface area contributed by atoms with Crippen molar-refractivity contribution >= 4 is 17.3 Å². The van der Waals surface area contributed by atoms with E-state index in [1.54, 1.807) is 0 Å². The Morgan fingerprint density at radius 2 is 2.42 bits per heavy atom. The molecule has 12 heavy (non-hydrogen) atoms. The van der Waals surface area contributed by atoms with Crippen LogP contribution in [-0.4, -0.2) is 12.1 Å². The van der Waals surface area contributed by atoms with E-state index in [2.05, 4.69) is 0 Å². The van der Waals surface area contributed by atoms with Crippen LogP contribution in [0.5, 0.6) is 0 Å². The van der Waals surface area contributed by atoms with Crippen LogP contribution in [0.4, 0.5) is 0 Å². The number of carbonyl (C=O) groups excluding carboxylic acids is 1. The van der Waals surface area contributed by atoms with Gasteiger partial charge in [-0.2, -0.15) is 0 Å². The van der Waals surface area contributed by atoms with Crippen molar-refractivity contribution in [2.75, 3.05) is 0 Å². The maximum Gasteiger partial charge on any atom is 1.00 e. The molecule has 3 nitrogen and oxygen atoms in total. The number of hydrogen-bond acceptors (Lipinski definition) is 4. The van der Waals surface area contributed by atoms with Gasteiger partial charge in [-0.15, -0.1) is 11.3 Å². The molecule has 2 heterocycles. The Morgan fingerprint density at radius 1 is 1.67 bits per heavy atom. The number of thiophene rings is 1. The monoisotopic (exact) mass is 192 g/mol. The van der Waals surface area contributed by atoms with Crippen LogP contribution >= 0.6 is 11.3 Å². The first-order valence-corrected chi connectivity index (χ1v) is 4.07. The molecule has 1 aromatic rings. The smallest absolute Gasteiger partial charge is 0.547 e. The maximum atomic E-state index is 10.2. The number of carboxylic acids is 1. The Balaban J connectivity index is 0.000000720. The minimum atomic E-state index is -1.12. The second-order valence-electron chi connectivity index (χ2n) is 2.31. The van der Waals surface area contributed by atoms with Gasteiger partial charge in [-0.25, -0.2) is 0 Å². The van der Waals surface area contributed by atoms with Gasteiger partial charge in [-0.05, 0) is 11.4 Å². The fraction of sp³-hybridized carbons (Fsp3) is 0.286. The summed E-state index contributed by atoms with van der Waals surface area (Å²) in [6.45, 7) is 0. The molecule has 0 bridgehead atoms. The first-order valence-electron chi connectivity index (χ1n) is 3.19. The Morgan fingerprint density at radius 3 is 2.83 bits per heavy atom. The zero-order chi connectivity index (χ0) is 7.84. The van der Waals surface area contributed by atoms with E-state index in [0.29, 0.717) is 0 Å². The van der Waals surface area contributed by atoms with Crippen molar-refractivity contribution in [1.82, 2.24) is 0 Å². The number of hydrogen-bond donors (Lipinski definition) is 0. The van der Waals surface area contributed by atoms with Crippen molar-refractivity contribution in [3.63, 3.8) is 0 Å². The quantitative estimate of drug-likeness (QED) is 0.369. The number of aliphatic carboxylic acids is 1. The van der Waals surface area contributed by atoms with Gasteiger partial charge in [0, 0.05) is 4.88 Å². The third-order valence-electron chi connectivity index (χ3n) is 1.55. The van der Waals surface area contributed by atoms with Gasteiger partial charge in [0.05, 0.1) is 5.97 Å². The van der Waals surface area contributed by atoms with Crippen molar-refractivity contribution < 1.29 is 44.2 Å². The Labute approximate surface area is 95.6 Å². The first kappa shape index (κ1) is 10.2. The average molecular weight is 192 g/mol. The third kappa shape index (κ3) is 1.89. The van der Waals surface area contributed by atoms with E-state index in [1.807, 2.05) is 17.5 Å². The number of ether oxygens (including phenoxy) is 1. The summed E-state index contributed by atoms with van der Waals surface area (Å²) in [5.41, 5.74) is 0. The minimum absolute atomic E-state index is 0. The van der Waals surface area contributed by atoms with Crippen LogP contribution in [0, 0.1) is 0 Å². The van der Waals surface area contributed by atoms with E-state index in [4.69, 9.17) is 4.74 Å². The molecule has 5 heteroatoms. The van der Waals surface area contributed by atoms with Crippen molar-refractivity contribution in [1.29, 1.82) is 0 Å². The van der Waals surface area contributed by atoms with Crippen molar-refractivity contribution in [2.45, 2.75) is 12.2 Å². The van der Waals surface area contributed by atoms with Crippen molar-refractivity contribution in [2.24, 2.45) is 0 Å². The number of carbonyl (C=O) groups is 1. The molecule has 0 aromatic carbocycles. The van der Waals surface area contributed by atoms with Crippen LogP contribution in [0.15, 0.2) is 17.5 Å². The van der Waals surface area contributed by atoms with E-state index in [1.165, 1.54) is 11.3 Å². The SMILES string of the molecule is O=C([O-])C1OC1c1cccs1.[Na+]. The van der Waals surface area contributed by atoms with E-state index < -0.39 is 12.1 Å². The molecule has 1 fully saturated rings. The summed E-state index contributed by atoms with van der Waals surface area (Å²) in [7, 11) is 0. The summed E-state index contributed by atoms with van der Waals surface area (Å²) >= 11 is 1.50. The van der Waals surface area contributed by atoms with Crippen LogP contribution in [0.3, 0.4) is 0 Å². The predicted molar refractivity (Wildman–Crippen MR) is 36.9 cm³/mol. The molecule has 0 amide bonds. The topological polar surface area (TPSA) is 52.7 Å². The summed E-state index contributed by atoms with van der Waals surface area (Å²) in [6.07, 6.45) is -0.964. The molecule has 2 rings (SSSR count). The number of epoxide rings is 1. The van der Waals surface area contributed by atoms with Crippen LogP contribution in [-0.2, 0) is 9.53 Å². The summed E-state index contributed by atoms with van der Waals surface area (Å²) in [4.78, 5) is 11.2. The summed E-state index contributed by atoms with van der Waals surface area (Å²) in [5.74, 6) is -1.12. The second kappa shape index (κ2) is 3.89. The summed E-state index contributed by atoms with van der Waals surface area (Å²) in [6, 6.07) is 3.73. The standard InChI is InChI=1S/C7H6O3S.Na/c8-7(9)6-5(10-6)4-2-1-3-11-4;/h1-3,5-6H,(H,8,9);/q;+1/p-1. The minimum Gasteiger partial charge on any atom is -0.547 e. The Kier molecular flexibility index (Phi) is 3.31. The zero-order valence-corrected chi connectivity index (χ0v) is 9.34. The molecule has 1 aliphatic rings. The van der Waals surface area contributed by atoms with Crippen LogP contribution in [0.2, 0.25) is 0 Å². The molecule has 2 atom stereocenters. The van der Waals surface area contributed by atoms with E-state index in [-0.39, 0.29) is 35.7 Å². The van der Waals surface area contributed by atoms with Crippen molar-refractivity contribution in [3.8, 4) is 0 Å². The van der Waals surface area contributed by atoms with Gasteiger partial charge in [0.25, 0.3) is 0 Å². The molecule has 1 saturated heterocycles. The van der Waals surface area contributed by atoms with Gasteiger partial charge in [-0.1, -0.05) is 6.07 Å². The second-order valence-corrected chi connectivity index (χ2v) is 3.29. The number of rotatable bonds is 2. The molecule has 0 N–H and O–H groups in total. The maximum absolute atomic E-state index is 10.2. The van der Waals surface area contributed by atoms with E-state index in [0.717, 1.165) is 4.88 Å². The van der Waals surface area contributed by atoms with E-state index >= 15 is 0 Å². The molecule has 2 unspecified atom stereocenters. The zero-order valence-electron chi connectivity index (χ0n) is 6.52. The van der Waals surface area contributed by atoms with Gasteiger partial charge < -0.3 is 14.6 Å². The summed E-state index contributed by atoms with van der Waals surface area (Å²) < 4.78 is 4.87. The predicted octanol–water partition coefficient (Wildman–Crippen LogP) is -3.06. The van der Waals surface area contributed by atoms with Crippen molar-refractivity contribution in [3.05, 3.63) is 22.4 Å². The molecular formula is C7H5NaO3S. The summed E-state index contributed by atoms with van der Waals surface area (Å²) in [5, 5.41) is 12.1. The largest absolute Gasteiger partial charge is 1.00 e. The van der Waals surface area contributed by atoms with E-state index in [9.17, 15) is 9.90 Å². The molecule has 0 saturated carbocycles. The normalized spacial score (nSPS) is 26.0. The van der Waals surface area contributed by atoms with Crippen LogP contribution < -0.4 is 34.7 Å². The molecule has 1 aromatic heterocycles. The molecule has 0 spiro atoms. The molecule has 0 radical (unpaired) electrons. The van der Waals surface area contributed by atoms with Crippen LogP contribution in [0.25, 0.3) is 0 Å². The fourth-order valence-corrected chi connectivity index (χ4v) is 1.75. The average Bonchev–Trinajstić information content (AvgIpc) is 2.60. The van der Waals surface area contributed by atoms with Gasteiger partial charge in [0.15, 0.2) is 0 Å². The first-order chi connectivity index (χ1) is 5.29. The van der Waals surface area contributed by atoms with Gasteiger partial charge in [0.1, 0.15) is 12.2 Å². The van der Waals surface area contributed by atoms with Gasteiger partial charge >= 0.3 is 29.6 Å². The van der Waals surface area contributed by atoms with Gasteiger partial charge in [-0.3, -0.25) is 0 Å². The molecule has 1 aliphatic heterocycles. The Bertz CT molecular complexity index is 272. The third-order valence-corrected chi connectivity index (χ3v) is 2.48. The van der Waals surface area contributed by atoms with Gasteiger partial charge in [0.2, 0.25) is 0 Å². The van der Waals surface area contributed by atoms with Crippen LogP contribution in [0.1, 0.15) is 11.0 Å². The molecule has 58 valence electrons. The molecular weight excluding hydrogens is 187 g/mol. The Hall–Kier alpha value is 0.130. The fourth-order valence-electron chi connectivity index (χ4n) is 0.961. The molecule has 0 aliphatic carbocycles.